The molecule has 0 saturated heterocycles. The molecule has 0 unspecified atom stereocenters. The number of Topliss-reactive ketones (excluding diaryl/α,β-unsaturated/α-hetero) is 2. The average Bonchev–Trinajstić information content (AvgIpc) is 2.89. The van der Waals surface area contributed by atoms with Crippen LogP contribution in [0, 0.1) is 18.8 Å². The molecule has 2 amide bonds. The summed E-state index contributed by atoms with van der Waals surface area (Å²) >= 11 is 0. The fourth-order valence-corrected chi connectivity index (χ4v) is 6.22. The van der Waals surface area contributed by atoms with E-state index < -0.39 is 69.9 Å². The van der Waals surface area contributed by atoms with Gasteiger partial charge in [-0.15, -0.1) is 0 Å². The lowest BCUT2D eigenvalue weighted by atomic mass is 9.58. The smallest absolute Gasteiger partial charge is 0.417 e. The van der Waals surface area contributed by atoms with Crippen LogP contribution >= 0.6 is 0 Å². The lowest BCUT2D eigenvalue weighted by Gasteiger charge is -2.50. The maximum absolute atomic E-state index is 13.8. The van der Waals surface area contributed by atoms with Crippen LogP contribution in [0.4, 0.5) is 10.5 Å². The third kappa shape index (κ3) is 4.23. The number of anilines is 1. The number of carbonyl (C=O) groups is 4. The number of aromatic hydroxyl groups is 1. The summed E-state index contributed by atoms with van der Waals surface area (Å²) in [5.41, 5.74) is 2.65. The first kappa shape index (κ1) is 27.9. The van der Waals surface area contributed by atoms with Gasteiger partial charge in [-0.2, -0.15) is 0 Å². The van der Waals surface area contributed by atoms with Crippen molar-refractivity contribution in [3.05, 3.63) is 75.8 Å². The minimum absolute atomic E-state index is 0.0169. The number of amides is 2. The molecule has 3 aliphatic rings. The van der Waals surface area contributed by atoms with E-state index in [4.69, 9.17) is 10.5 Å². The predicted octanol–water partition coefficient (Wildman–Crippen LogP) is 2.04. The van der Waals surface area contributed by atoms with E-state index in [-0.39, 0.29) is 35.2 Å². The molecule has 4 atom stereocenters. The number of fused-ring (bicyclic) bond motifs is 3. The predicted molar refractivity (Wildman–Crippen MR) is 144 cm³/mol. The number of primary amides is 1. The number of aliphatic hydroxyl groups excluding tert-OH is 2. The van der Waals surface area contributed by atoms with Gasteiger partial charge in [-0.05, 0) is 69.6 Å². The number of phenols is 1. The summed E-state index contributed by atoms with van der Waals surface area (Å²) in [4.78, 5) is 53.3. The number of benzene rings is 2. The quantitative estimate of drug-likeness (QED) is 0.236. The van der Waals surface area contributed by atoms with Crippen LogP contribution in [0.2, 0.25) is 0 Å². The summed E-state index contributed by atoms with van der Waals surface area (Å²) in [6.45, 7) is 1.88. The summed E-state index contributed by atoms with van der Waals surface area (Å²) in [6, 6.07) is 8.27. The van der Waals surface area contributed by atoms with Crippen molar-refractivity contribution in [2.45, 2.75) is 31.4 Å². The molecule has 2 aromatic carbocycles. The Bertz CT molecular complexity index is 1570. The Morgan fingerprint density at radius 3 is 2.34 bits per heavy atom. The normalized spacial score (nSPS) is 25.4. The van der Waals surface area contributed by atoms with Crippen LogP contribution < -0.4 is 15.8 Å². The highest BCUT2D eigenvalue weighted by molar-refractivity contribution is 6.25. The highest BCUT2D eigenvalue weighted by Gasteiger charge is 2.63. The van der Waals surface area contributed by atoms with Crippen LogP contribution in [-0.2, 0) is 16.0 Å². The van der Waals surface area contributed by atoms with E-state index in [1.54, 1.807) is 38.4 Å². The van der Waals surface area contributed by atoms with Gasteiger partial charge in [0, 0.05) is 17.2 Å². The molecular weight excluding hydrogens is 534 g/mol. The van der Waals surface area contributed by atoms with Crippen LogP contribution in [0.25, 0.3) is 0 Å². The second-order valence-electron chi connectivity index (χ2n) is 10.8. The fraction of sp³-hybridized carbons (Fsp3) is 0.310. The first-order chi connectivity index (χ1) is 19.3. The number of aryl methyl sites for hydroxylation is 1. The van der Waals surface area contributed by atoms with Gasteiger partial charge in [-0.1, -0.05) is 17.7 Å². The number of allylic oxidation sites excluding steroid dienone is 1. The maximum Gasteiger partial charge on any atom is 0.417 e. The van der Waals surface area contributed by atoms with E-state index in [0.29, 0.717) is 5.75 Å². The summed E-state index contributed by atoms with van der Waals surface area (Å²) in [5.74, 6) is -7.17. The first-order valence-corrected chi connectivity index (χ1v) is 12.8. The maximum atomic E-state index is 13.8. The van der Waals surface area contributed by atoms with Crippen LogP contribution in [0.1, 0.15) is 27.9 Å². The SMILES string of the molecule is Cc1ccc(OC(=O)Nc2ccc(O)c3c2C[C@H]2C[C@H]4[C@H](N(C)C)C(O)=C(C(N)=O)C(=O)[C@@]4(O)C(O)=C2C3=O)cc1. The molecule has 12 heteroatoms. The number of ketones is 2. The zero-order valence-electron chi connectivity index (χ0n) is 22.5. The third-order valence-electron chi connectivity index (χ3n) is 8.07. The Morgan fingerprint density at radius 1 is 1.07 bits per heavy atom. The number of nitrogens with two attached hydrogens (primary N) is 1. The summed E-state index contributed by atoms with van der Waals surface area (Å²) < 4.78 is 5.33. The van der Waals surface area contributed by atoms with Crippen molar-refractivity contribution in [3.8, 4) is 11.5 Å². The minimum Gasteiger partial charge on any atom is -0.510 e. The second-order valence-corrected chi connectivity index (χ2v) is 10.8. The van der Waals surface area contributed by atoms with E-state index in [0.717, 1.165) is 5.56 Å². The topological polar surface area (TPSA) is 200 Å². The number of rotatable bonds is 4. The Hall–Kier alpha value is -4.68. The molecule has 0 bridgehead atoms. The molecule has 0 aromatic heterocycles. The first-order valence-electron chi connectivity index (χ1n) is 12.8. The van der Waals surface area contributed by atoms with Crippen LogP contribution in [0.5, 0.6) is 11.5 Å². The molecule has 214 valence electrons. The number of ether oxygens (including phenoxy) is 1. The summed E-state index contributed by atoms with van der Waals surface area (Å²) in [7, 11) is 3.10. The monoisotopic (exact) mass is 563 g/mol. The van der Waals surface area contributed by atoms with Crippen LogP contribution in [0.15, 0.2) is 59.1 Å². The van der Waals surface area contributed by atoms with Gasteiger partial charge >= 0.3 is 6.09 Å². The van der Waals surface area contributed by atoms with Crippen molar-refractivity contribution in [3.63, 3.8) is 0 Å². The van der Waals surface area contributed by atoms with E-state index in [1.807, 2.05) is 6.92 Å². The molecule has 3 aliphatic carbocycles. The molecule has 0 spiro atoms. The molecule has 41 heavy (non-hydrogen) atoms. The van der Waals surface area contributed by atoms with Gasteiger partial charge in [0.05, 0.1) is 11.6 Å². The molecular formula is C29H29N3O9. The molecule has 0 heterocycles. The summed E-state index contributed by atoms with van der Waals surface area (Å²) in [6.07, 6.45) is -0.895. The zero-order valence-corrected chi connectivity index (χ0v) is 22.5. The van der Waals surface area contributed by atoms with E-state index >= 15 is 0 Å². The standard InChI is InChI=1S/C29H29N3O9/c1-12-4-6-14(7-5-12)41-28(39)31-17-8-9-18(33)20-15(17)10-13-11-16-22(32(2)3)24(35)21(27(30)38)26(37)29(16,40)25(36)19(13)23(20)34/h4-9,13,16,22,33,35-36,40H,10-11H2,1-3H3,(H2,30,38)(H,31,39)/t13-,16-,22-,29-/m0/s1. The third-order valence-corrected chi connectivity index (χ3v) is 8.07. The van der Waals surface area contributed by atoms with Crippen LogP contribution in [-0.4, -0.2) is 74.6 Å². The Labute approximate surface area is 234 Å². The van der Waals surface area contributed by atoms with Gasteiger partial charge < -0.3 is 30.9 Å². The summed E-state index contributed by atoms with van der Waals surface area (Å²) in [5, 5.41) is 47.1. The minimum atomic E-state index is -2.73. The number of phenolic OH excluding ortho intramolecular Hbond substituents is 1. The molecule has 0 radical (unpaired) electrons. The highest BCUT2D eigenvalue weighted by atomic mass is 16.6. The van der Waals surface area contributed by atoms with Gasteiger partial charge in [0.2, 0.25) is 5.78 Å². The number of likely N-dealkylation sites (N-methyl/N-ethyl adjacent to an activating group) is 1. The lowest BCUT2D eigenvalue weighted by molar-refractivity contribution is -0.148. The largest absolute Gasteiger partial charge is 0.510 e. The number of carbonyl (C=O) groups excluding carboxylic acids is 4. The van der Waals surface area contributed by atoms with Gasteiger partial charge in [-0.3, -0.25) is 24.6 Å². The number of hydrogen-bond donors (Lipinski definition) is 6. The number of aliphatic hydroxyl groups is 3. The van der Waals surface area contributed by atoms with Crippen LogP contribution in [0.3, 0.4) is 0 Å². The second kappa shape index (κ2) is 9.75. The Morgan fingerprint density at radius 2 is 1.73 bits per heavy atom. The van der Waals surface area contributed by atoms with Crippen molar-refractivity contribution in [2.75, 3.05) is 19.4 Å². The lowest BCUT2D eigenvalue weighted by Crippen LogP contribution is -2.63. The molecule has 12 nitrogen and oxygen atoms in total. The molecule has 0 aliphatic heterocycles. The Kier molecular flexibility index (Phi) is 6.63. The molecule has 7 N–H and O–H groups in total. The van der Waals surface area contributed by atoms with Gasteiger partial charge in [0.1, 0.15) is 28.6 Å². The molecule has 0 fully saturated rings. The average molecular weight is 564 g/mol. The van der Waals surface area contributed by atoms with Crippen molar-refractivity contribution >= 4 is 29.3 Å². The molecule has 0 saturated carbocycles. The van der Waals surface area contributed by atoms with Gasteiger partial charge in [-0.25, -0.2) is 4.79 Å². The van der Waals surface area contributed by atoms with Gasteiger partial charge in [0.25, 0.3) is 5.91 Å². The van der Waals surface area contributed by atoms with Crippen molar-refractivity contribution in [1.29, 1.82) is 0 Å². The molecule has 2 aromatic rings. The Balaban J connectivity index is 1.57. The van der Waals surface area contributed by atoms with E-state index in [2.05, 4.69) is 5.32 Å². The highest BCUT2D eigenvalue weighted by Crippen LogP contribution is 2.52. The number of nitrogens with one attached hydrogen (secondary N) is 1. The zero-order chi connectivity index (χ0) is 30.0. The van der Waals surface area contributed by atoms with Crippen molar-refractivity contribution < 1.29 is 44.3 Å². The van der Waals surface area contributed by atoms with E-state index in [9.17, 15) is 39.6 Å². The number of hydrogen-bond acceptors (Lipinski definition) is 10. The molecule has 5 rings (SSSR count). The van der Waals surface area contributed by atoms with E-state index in [1.165, 1.54) is 17.0 Å². The fourth-order valence-electron chi connectivity index (χ4n) is 6.22. The van der Waals surface area contributed by atoms with Crippen molar-refractivity contribution in [1.82, 2.24) is 4.90 Å². The number of nitrogens with zero attached hydrogens (tertiary/aromatic N) is 1. The van der Waals surface area contributed by atoms with Crippen molar-refractivity contribution in [2.24, 2.45) is 17.6 Å². The van der Waals surface area contributed by atoms with Gasteiger partial charge in [0.15, 0.2) is 11.4 Å².